The van der Waals surface area contributed by atoms with E-state index < -0.39 is 11.7 Å². The number of oxazole rings is 1. The van der Waals surface area contributed by atoms with Crippen LogP contribution in [0.4, 0.5) is 9.39 Å². The van der Waals surface area contributed by atoms with Gasteiger partial charge in [-0.15, -0.1) is 0 Å². The molecule has 4 aromatic rings. The number of hydroxylamine groups is 1. The molecule has 34 heavy (non-hydrogen) atoms. The summed E-state index contributed by atoms with van der Waals surface area (Å²) in [6.07, 6.45) is 1.16. The minimum absolute atomic E-state index is 0.0779. The number of rotatable bonds is 8. The summed E-state index contributed by atoms with van der Waals surface area (Å²) in [7, 11) is 0. The van der Waals surface area contributed by atoms with Crippen molar-refractivity contribution in [1.29, 1.82) is 0 Å². The number of benzene rings is 2. The van der Waals surface area contributed by atoms with Crippen LogP contribution in [-0.2, 0) is 16.1 Å². The Labute approximate surface area is 210 Å². The highest BCUT2D eigenvalue weighted by Gasteiger charge is 2.31. The Bertz CT molecular complexity index is 1320. The van der Waals surface area contributed by atoms with E-state index in [1.165, 1.54) is 17.2 Å². The van der Waals surface area contributed by atoms with Gasteiger partial charge in [0.15, 0.2) is 10.6 Å². The van der Waals surface area contributed by atoms with Crippen molar-refractivity contribution in [3.05, 3.63) is 63.5 Å². The van der Waals surface area contributed by atoms with Crippen LogP contribution >= 0.6 is 34.7 Å². The molecule has 0 radical (unpaired) electrons. The molecule has 4 rings (SSSR count). The van der Waals surface area contributed by atoms with Gasteiger partial charge in [0.25, 0.3) is 5.91 Å². The molecule has 1 amide bonds. The fourth-order valence-corrected chi connectivity index (χ4v) is 5.15. The number of anilines is 1. The van der Waals surface area contributed by atoms with Crippen molar-refractivity contribution in [2.24, 2.45) is 0 Å². The predicted octanol–water partition coefficient (Wildman–Crippen LogP) is 7.44. The van der Waals surface area contributed by atoms with Crippen LogP contribution < -0.4 is 5.06 Å². The molecule has 0 saturated heterocycles. The molecule has 0 saturated carbocycles. The first-order chi connectivity index (χ1) is 16.4. The fourth-order valence-electron chi connectivity index (χ4n) is 3.66. The van der Waals surface area contributed by atoms with Crippen LogP contribution in [0.15, 0.2) is 40.8 Å². The molecule has 2 heterocycles. The largest absolute Gasteiger partial charge is 0.436 e. The van der Waals surface area contributed by atoms with Crippen LogP contribution in [0.25, 0.3) is 22.6 Å². The number of halogens is 3. The van der Waals surface area contributed by atoms with E-state index in [1.807, 2.05) is 13.8 Å². The van der Waals surface area contributed by atoms with Gasteiger partial charge in [-0.3, -0.25) is 9.63 Å². The summed E-state index contributed by atoms with van der Waals surface area (Å²) < 4.78 is 24.4. The third-order valence-electron chi connectivity index (χ3n) is 5.36. The van der Waals surface area contributed by atoms with Crippen LogP contribution in [0.3, 0.4) is 0 Å². The zero-order chi connectivity index (χ0) is 24.4. The van der Waals surface area contributed by atoms with Gasteiger partial charge < -0.3 is 4.42 Å². The number of aryl methyl sites for hydroxylation is 1. The van der Waals surface area contributed by atoms with Gasteiger partial charge in [0.2, 0.25) is 5.89 Å². The third kappa shape index (κ3) is 4.55. The van der Waals surface area contributed by atoms with E-state index in [4.69, 9.17) is 32.5 Å². The van der Waals surface area contributed by atoms with Gasteiger partial charge in [-0.1, -0.05) is 49.2 Å². The Morgan fingerprint density at radius 1 is 1.24 bits per heavy atom. The van der Waals surface area contributed by atoms with Crippen molar-refractivity contribution in [2.45, 2.75) is 39.5 Å². The number of aromatic nitrogens is 2. The molecule has 1 unspecified atom stereocenters. The summed E-state index contributed by atoms with van der Waals surface area (Å²) in [6.45, 7) is 5.94. The van der Waals surface area contributed by atoms with Gasteiger partial charge in [0.05, 0.1) is 28.8 Å². The highest BCUT2D eigenvalue weighted by Crippen LogP contribution is 2.38. The second kappa shape index (κ2) is 10.4. The topological polar surface area (TPSA) is 68.5 Å². The Hall–Kier alpha value is -2.52. The maximum absolute atomic E-state index is 14.4. The molecule has 2 aromatic heterocycles. The van der Waals surface area contributed by atoms with Crippen LogP contribution in [-0.4, -0.2) is 21.9 Å². The first-order valence-corrected chi connectivity index (χ1v) is 12.4. The molecule has 0 N–H and O–H groups in total. The van der Waals surface area contributed by atoms with Gasteiger partial charge in [0, 0.05) is 0 Å². The Morgan fingerprint density at radius 3 is 2.68 bits per heavy atom. The second-order valence-corrected chi connectivity index (χ2v) is 8.99. The van der Waals surface area contributed by atoms with Crippen molar-refractivity contribution in [1.82, 2.24) is 9.36 Å². The molecule has 0 aliphatic heterocycles. The molecule has 10 heteroatoms. The fraction of sp³-hybridized carbons (Fsp3) is 0.292. The maximum atomic E-state index is 14.4. The van der Waals surface area contributed by atoms with Crippen molar-refractivity contribution >= 4 is 56.7 Å². The van der Waals surface area contributed by atoms with Gasteiger partial charge in [-0.05, 0) is 61.1 Å². The SMILES string of the molecule is CCON(C(=O)C(CC)c1ccc2oc(-c3c(F)cccc3Cl)nc2c1)c1snc(CC)c1Cl. The zero-order valence-corrected chi connectivity index (χ0v) is 21.1. The first kappa shape index (κ1) is 24.6. The maximum Gasteiger partial charge on any atom is 0.259 e. The molecule has 1 atom stereocenters. The van der Waals surface area contributed by atoms with E-state index >= 15 is 0 Å². The molecule has 0 fully saturated rings. The van der Waals surface area contributed by atoms with Crippen molar-refractivity contribution in [3.8, 4) is 11.5 Å². The summed E-state index contributed by atoms with van der Waals surface area (Å²) in [6, 6.07) is 9.66. The van der Waals surface area contributed by atoms with Crippen LogP contribution in [0.1, 0.15) is 44.4 Å². The monoisotopic (exact) mass is 521 g/mol. The lowest BCUT2D eigenvalue weighted by molar-refractivity contribution is -0.127. The summed E-state index contributed by atoms with van der Waals surface area (Å²) in [5, 5.41) is 2.32. The van der Waals surface area contributed by atoms with E-state index in [1.54, 1.807) is 31.2 Å². The molecule has 2 aromatic carbocycles. The average Bonchev–Trinajstić information content (AvgIpc) is 3.40. The lowest BCUT2D eigenvalue weighted by Crippen LogP contribution is -2.35. The summed E-state index contributed by atoms with van der Waals surface area (Å²) in [5.41, 5.74) is 2.49. The molecule has 0 aliphatic carbocycles. The predicted molar refractivity (Wildman–Crippen MR) is 133 cm³/mol. The van der Waals surface area contributed by atoms with Crippen LogP contribution in [0.2, 0.25) is 10.0 Å². The molecule has 178 valence electrons. The van der Waals surface area contributed by atoms with Crippen LogP contribution in [0, 0.1) is 5.82 Å². The minimum atomic E-state index is -0.531. The summed E-state index contributed by atoms with van der Waals surface area (Å²) in [4.78, 5) is 23.7. The zero-order valence-electron chi connectivity index (χ0n) is 18.8. The lowest BCUT2D eigenvalue weighted by atomic mass is 9.95. The Morgan fingerprint density at radius 2 is 2.03 bits per heavy atom. The van der Waals surface area contributed by atoms with Gasteiger partial charge in [0.1, 0.15) is 16.4 Å². The minimum Gasteiger partial charge on any atom is -0.436 e. The van der Waals surface area contributed by atoms with E-state index in [-0.39, 0.29) is 29.0 Å². The number of amides is 1. The molecule has 0 bridgehead atoms. The molecule has 0 spiro atoms. The summed E-state index contributed by atoms with van der Waals surface area (Å²) in [5.74, 6) is -1.25. The number of fused-ring (bicyclic) bond motifs is 1. The normalized spacial score (nSPS) is 12.3. The number of carbonyl (C=O) groups is 1. The number of hydrogen-bond acceptors (Lipinski definition) is 6. The van der Waals surface area contributed by atoms with Crippen molar-refractivity contribution < 1.29 is 18.4 Å². The van der Waals surface area contributed by atoms with Crippen molar-refractivity contribution in [3.63, 3.8) is 0 Å². The van der Waals surface area contributed by atoms with Crippen molar-refractivity contribution in [2.75, 3.05) is 11.7 Å². The van der Waals surface area contributed by atoms with Gasteiger partial charge in [-0.2, -0.15) is 9.44 Å². The highest BCUT2D eigenvalue weighted by molar-refractivity contribution is 7.11. The Kier molecular flexibility index (Phi) is 7.52. The average molecular weight is 522 g/mol. The standard InChI is InChI=1S/C24H22Cl2FN3O3S/c1-4-14(23(31)30(32-6-3)24-21(26)17(5-2)29-34-24)13-10-11-19-18(12-13)28-22(33-19)20-15(25)8-7-9-16(20)27/h7-12,14H,4-6H2,1-3H3. The number of nitrogens with zero attached hydrogens (tertiary/aromatic N) is 3. The van der Waals surface area contributed by atoms with Crippen LogP contribution in [0.5, 0.6) is 0 Å². The Balaban J connectivity index is 1.71. The lowest BCUT2D eigenvalue weighted by Gasteiger charge is -2.24. The second-order valence-electron chi connectivity index (χ2n) is 7.46. The smallest absolute Gasteiger partial charge is 0.259 e. The van der Waals surface area contributed by atoms with E-state index in [9.17, 15) is 9.18 Å². The quantitative estimate of drug-likeness (QED) is 0.225. The third-order valence-corrected chi connectivity index (χ3v) is 7.04. The van der Waals surface area contributed by atoms with E-state index in [0.29, 0.717) is 34.0 Å². The molecular weight excluding hydrogens is 500 g/mol. The van der Waals surface area contributed by atoms with Gasteiger partial charge >= 0.3 is 0 Å². The number of carbonyl (C=O) groups excluding carboxylic acids is 1. The van der Waals surface area contributed by atoms with Gasteiger partial charge in [-0.25, -0.2) is 9.37 Å². The first-order valence-electron chi connectivity index (χ1n) is 10.8. The summed E-state index contributed by atoms with van der Waals surface area (Å²) >= 11 is 13.8. The number of hydrogen-bond donors (Lipinski definition) is 0. The van der Waals surface area contributed by atoms with E-state index in [2.05, 4.69) is 9.36 Å². The van der Waals surface area contributed by atoms with E-state index in [0.717, 1.165) is 22.8 Å². The molecular formula is C24H22Cl2FN3O3S. The molecule has 6 nitrogen and oxygen atoms in total. The molecule has 0 aliphatic rings. The highest BCUT2D eigenvalue weighted by atomic mass is 35.5.